The molecule has 0 radical (unpaired) electrons. The first-order valence-electron chi connectivity index (χ1n) is 5.60. The molecule has 3 nitrogen and oxygen atoms in total. The number of nitrogens with zero attached hydrogens (tertiary/aromatic N) is 1. The third-order valence-corrected chi connectivity index (χ3v) is 2.69. The molecule has 1 aromatic carbocycles. The Bertz CT molecular complexity index is 596. The van der Waals surface area contributed by atoms with Crippen molar-refractivity contribution >= 4 is 5.97 Å². The summed E-state index contributed by atoms with van der Waals surface area (Å²) in [6.45, 7) is 1.97. The standard InChI is InChI=1S/C14H12FNO2/c1-2-9-4-3-5-16-13(9)10-6-11(14(17)18)8-12(15)7-10/h3-8H,2H2,1H3,(H,17,18). The zero-order chi connectivity index (χ0) is 13.1. The van der Waals surface area contributed by atoms with E-state index in [1.54, 1.807) is 12.3 Å². The van der Waals surface area contributed by atoms with Crippen LogP contribution in [0.15, 0.2) is 36.5 Å². The van der Waals surface area contributed by atoms with E-state index in [4.69, 9.17) is 5.11 Å². The minimum atomic E-state index is -1.15. The molecule has 4 heteroatoms. The normalized spacial score (nSPS) is 10.3. The summed E-state index contributed by atoms with van der Waals surface area (Å²) in [7, 11) is 0. The molecule has 0 aliphatic rings. The van der Waals surface area contributed by atoms with Crippen molar-refractivity contribution < 1.29 is 14.3 Å². The number of rotatable bonds is 3. The number of carbonyl (C=O) groups is 1. The van der Waals surface area contributed by atoms with Gasteiger partial charge in [-0.1, -0.05) is 13.0 Å². The quantitative estimate of drug-likeness (QED) is 0.903. The molecule has 0 saturated heterocycles. The van der Waals surface area contributed by atoms with Crippen LogP contribution in [0.5, 0.6) is 0 Å². The van der Waals surface area contributed by atoms with Crippen molar-refractivity contribution in [3.8, 4) is 11.3 Å². The number of aromatic carboxylic acids is 1. The monoisotopic (exact) mass is 245 g/mol. The van der Waals surface area contributed by atoms with Crippen LogP contribution in [-0.2, 0) is 6.42 Å². The van der Waals surface area contributed by atoms with Gasteiger partial charge in [-0.25, -0.2) is 9.18 Å². The molecule has 0 saturated carbocycles. The van der Waals surface area contributed by atoms with Crippen molar-refractivity contribution in [3.63, 3.8) is 0 Å². The molecule has 2 aromatic rings. The van der Waals surface area contributed by atoms with Crippen molar-refractivity contribution in [1.29, 1.82) is 0 Å². The molecular formula is C14H12FNO2. The number of aryl methyl sites for hydroxylation is 1. The van der Waals surface area contributed by atoms with E-state index in [9.17, 15) is 9.18 Å². The molecule has 0 spiro atoms. The molecular weight excluding hydrogens is 233 g/mol. The van der Waals surface area contributed by atoms with E-state index >= 15 is 0 Å². The highest BCUT2D eigenvalue weighted by atomic mass is 19.1. The Kier molecular flexibility index (Phi) is 3.37. The molecule has 1 heterocycles. The zero-order valence-corrected chi connectivity index (χ0v) is 9.85. The number of hydrogen-bond donors (Lipinski definition) is 1. The molecule has 0 atom stereocenters. The first kappa shape index (κ1) is 12.2. The van der Waals surface area contributed by atoms with E-state index in [2.05, 4.69) is 4.98 Å². The first-order chi connectivity index (χ1) is 8.61. The summed E-state index contributed by atoms with van der Waals surface area (Å²) in [6, 6.07) is 7.44. The molecule has 1 N–H and O–H groups in total. The zero-order valence-electron chi connectivity index (χ0n) is 9.85. The number of benzene rings is 1. The molecule has 2 rings (SSSR count). The van der Waals surface area contributed by atoms with Crippen LogP contribution in [0.4, 0.5) is 4.39 Å². The number of carboxylic acids is 1. The Hall–Kier alpha value is -2.23. The molecule has 0 unspecified atom stereocenters. The van der Waals surface area contributed by atoms with Crippen molar-refractivity contribution in [2.24, 2.45) is 0 Å². The fourth-order valence-corrected chi connectivity index (χ4v) is 1.83. The second-order valence-electron chi connectivity index (χ2n) is 3.90. The molecule has 0 amide bonds. The summed E-state index contributed by atoms with van der Waals surface area (Å²) in [5.41, 5.74) is 2.00. The highest BCUT2D eigenvalue weighted by molar-refractivity contribution is 5.89. The van der Waals surface area contributed by atoms with Gasteiger partial charge in [0.2, 0.25) is 0 Å². The van der Waals surface area contributed by atoms with Crippen LogP contribution in [0.25, 0.3) is 11.3 Å². The minimum absolute atomic E-state index is 0.0716. The summed E-state index contributed by atoms with van der Waals surface area (Å²) < 4.78 is 13.4. The number of hydrogen-bond acceptors (Lipinski definition) is 2. The summed E-state index contributed by atoms with van der Waals surface area (Å²) in [6.07, 6.45) is 2.36. The highest BCUT2D eigenvalue weighted by Crippen LogP contribution is 2.24. The van der Waals surface area contributed by atoms with Crippen LogP contribution in [-0.4, -0.2) is 16.1 Å². The van der Waals surface area contributed by atoms with E-state index in [1.165, 1.54) is 12.1 Å². The van der Waals surface area contributed by atoms with Crippen molar-refractivity contribution in [2.45, 2.75) is 13.3 Å². The van der Waals surface area contributed by atoms with Crippen LogP contribution in [0.2, 0.25) is 0 Å². The number of carboxylic acid groups (broad SMARTS) is 1. The van der Waals surface area contributed by atoms with E-state index in [-0.39, 0.29) is 5.56 Å². The Morgan fingerprint density at radius 1 is 1.39 bits per heavy atom. The smallest absolute Gasteiger partial charge is 0.335 e. The maximum atomic E-state index is 13.4. The molecule has 0 aliphatic heterocycles. The predicted molar refractivity (Wildman–Crippen MR) is 66.0 cm³/mol. The van der Waals surface area contributed by atoms with E-state index in [0.717, 1.165) is 18.1 Å². The average molecular weight is 245 g/mol. The lowest BCUT2D eigenvalue weighted by molar-refractivity contribution is 0.0696. The Labute approximate surface area is 104 Å². The van der Waals surface area contributed by atoms with Crippen LogP contribution in [0.3, 0.4) is 0 Å². The van der Waals surface area contributed by atoms with Gasteiger partial charge >= 0.3 is 5.97 Å². The lowest BCUT2D eigenvalue weighted by Gasteiger charge is -2.07. The van der Waals surface area contributed by atoms with Crippen molar-refractivity contribution in [1.82, 2.24) is 4.98 Å². The van der Waals surface area contributed by atoms with Gasteiger partial charge in [-0.05, 0) is 36.2 Å². The lowest BCUT2D eigenvalue weighted by Crippen LogP contribution is -1.99. The number of pyridine rings is 1. The van der Waals surface area contributed by atoms with Crippen LogP contribution < -0.4 is 0 Å². The first-order valence-corrected chi connectivity index (χ1v) is 5.60. The molecule has 1 aromatic heterocycles. The van der Waals surface area contributed by atoms with Gasteiger partial charge in [-0.2, -0.15) is 0 Å². The second kappa shape index (κ2) is 4.96. The van der Waals surface area contributed by atoms with Crippen LogP contribution in [0, 0.1) is 5.82 Å². The van der Waals surface area contributed by atoms with Crippen molar-refractivity contribution in [3.05, 3.63) is 53.5 Å². The number of aromatic nitrogens is 1. The summed E-state index contributed by atoms with van der Waals surface area (Å²) >= 11 is 0. The topological polar surface area (TPSA) is 50.2 Å². The molecule has 92 valence electrons. The van der Waals surface area contributed by atoms with E-state index in [1.807, 2.05) is 13.0 Å². The lowest BCUT2D eigenvalue weighted by atomic mass is 10.0. The SMILES string of the molecule is CCc1cccnc1-c1cc(F)cc(C(=O)O)c1. The third-order valence-electron chi connectivity index (χ3n) is 2.69. The largest absolute Gasteiger partial charge is 0.478 e. The van der Waals surface area contributed by atoms with E-state index in [0.29, 0.717) is 11.3 Å². The maximum Gasteiger partial charge on any atom is 0.335 e. The summed E-state index contributed by atoms with van der Waals surface area (Å²) in [4.78, 5) is 15.1. The van der Waals surface area contributed by atoms with Crippen LogP contribution in [0.1, 0.15) is 22.8 Å². The maximum absolute atomic E-state index is 13.4. The molecule has 0 bridgehead atoms. The Morgan fingerprint density at radius 3 is 2.83 bits per heavy atom. The predicted octanol–water partition coefficient (Wildman–Crippen LogP) is 3.15. The minimum Gasteiger partial charge on any atom is -0.478 e. The summed E-state index contributed by atoms with van der Waals surface area (Å²) in [5, 5.41) is 8.92. The summed E-state index contributed by atoms with van der Waals surface area (Å²) in [5.74, 6) is -1.72. The van der Waals surface area contributed by atoms with Gasteiger partial charge in [0.25, 0.3) is 0 Å². The molecule has 0 fully saturated rings. The molecule has 18 heavy (non-hydrogen) atoms. The van der Waals surface area contributed by atoms with Gasteiger partial charge in [0.05, 0.1) is 11.3 Å². The van der Waals surface area contributed by atoms with Gasteiger partial charge in [-0.3, -0.25) is 4.98 Å². The van der Waals surface area contributed by atoms with Gasteiger partial charge < -0.3 is 5.11 Å². The Morgan fingerprint density at radius 2 is 2.17 bits per heavy atom. The molecule has 0 aliphatic carbocycles. The average Bonchev–Trinajstić information content (AvgIpc) is 2.38. The van der Waals surface area contributed by atoms with Crippen molar-refractivity contribution in [2.75, 3.05) is 0 Å². The second-order valence-corrected chi connectivity index (χ2v) is 3.90. The highest BCUT2D eigenvalue weighted by Gasteiger charge is 2.11. The van der Waals surface area contributed by atoms with E-state index < -0.39 is 11.8 Å². The van der Waals surface area contributed by atoms with Crippen LogP contribution >= 0.6 is 0 Å². The fourth-order valence-electron chi connectivity index (χ4n) is 1.83. The number of halogens is 1. The van der Waals surface area contributed by atoms with Gasteiger partial charge in [-0.15, -0.1) is 0 Å². The fraction of sp³-hybridized carbons (Fsp3) is 0.143. The van der Waals surface area contributed by atoms with Gasteiger partial charge in [0.15, 0.2) is 0 Å². The third kappa shape index (κ3) is 2.37. The van der Waals surface area contributed by atoms with Gasteiger partial charge in [0.1, 0.15) is 5.82 Å². The Balaban J connectivity index is 2.60. The van der Waals surface area contributed by atoms with Gasteiger partial charge in [0, 0.05) is 11.8 Å².